The van der Waals surface area contributed by atoms with Crippen molar-refractivity contribution in [3.05, 3.63) is 29.6 Å². The molecule has 3 N–H and O–H groups in total. The molecule has 1 aromatic rings. The van der Waals surface area contributed by atoms with E-state index in [9.17, 15) is 9.18 Å². The Kier molecular flexibility index (Phi) is 4.45. The van der Waals surface area contributed by atoms with Gasteiger partial charge >= 0.3 is 5.97 Å². The lowest BCUT2D eigenvalue weighted by Gasteiger charge is -2.22. The van der Waals surface area contributed by atoms with Crippen LogP contribution in [0.2, 0.25) is 0 Å². The Balaban J connectivity index is 3.15. The first kappa shape index (κ1) is 13.4. The highest BCUT2D eigenvalue weighted by Crippen LogP contribution is 2.29. The Bertz CT molecular complexity index is 407. The zero-order chi connectivity index (χ0) is 13.0. The fraction of sp³-hybridized carbons (Fsp3) is 0.417. The summed E-state index contributed by atoms with van der Waals surface area (Å²) >= 11 is 0. The van der Waals surface area contributed by atoms with E-state index in [4.69, 9.17) is 10.8 Å². The second kappa shape index (κ2) is 5.63. The average Bonchev–Trinajstić information content (AvgIpc) is 2.25. The van der Waals surface area contributed by atoms with Gasteiger partial charge in [0.15, 0.2) is 0 Å². The lowest BCUT2D eigenvalue weighted by atomic mass is 9.93. The summed E-state index contributed by atoms with van der Waals surface area (Å²) in [6.07, 6.45) is -0.0964. The third-order valence-electron chi connectivity index (χ3n) is 2.62. The number of carboxylic acid groups (broad SMARTS) is 1. The van der Waals surface area contributed by atoms with E-state index in [1.165, 1.54) is 12.1 Å². The second-order valence-electron chi connectivity index (χ2n) is 4.13. The van der Waals surface area contributed by atoms with Crippen LogP contribution < -0.4 is 10.6 Å². The monoisotopic (exact) mass is 240 g/mol. The smallest absolute Gasteiger partial charge is 0.304 e. The van der Waals surface area contributed by atoms with E-state index >= 15 is 0 Å². The van der Waals surface area contributed by atoms with Gasteiger partial charge in [-0.05, 0) is 30.3 Å². The number of aliphatic carboxylic acids is 1. The Labute approximate surface area is 99.8 Å². The number of rotatable bonds is 5. The van der Waals surface area contributed by atoms with Gasteiger partial charge in [0.05, 0.1) is 6.42 Å². The number of nitrogens with zero attached hydrogens (tertiary/aromatic N) is 1. The van der Waals surface area contributed by atoms with E-state index in [-0.39, 0.29) is 24.7 Å². The Morgan fingerprint density at radius 2 is 2.18 bits per heavy atom. The number of anilines is 1. The molecule has 0 aliphatic heterocycles. The van der Waals surface area contributed by atoms with Crippen LogP contribution in [0.3, 0.4) is 0 Å². The summed E-state index contributed by atoms with van der Waals surface area (Å²) in [6.45, 7) is 0.177. The van der Waals surface area contributed by atoms with Crippen LogP contribution >= 0.6 is 0 Å². The van der Waals surface area contributed by atoms with E-state index in [1.807, 2.05) is 19.0 Å². The largest absolute Gasteiger partial charge is 0.481 e. The molecule has 0 amide bonds. The third kappa shape index (κ3) is 3.42. The molecule has 0 fully saturated rings. The van der Waals surface area contributed by atoms with Gasteiger partial charge in [-0.3, -0.25) is 4.79 Å². The molecule has 1 rings (SSSR count). The normalized spacial score (nSPS) is 12.2. The molecule has 0 radical (unpaired) electrons. The van der Waals surface area contributed by atoms with Gasteiger partial charge in [0.1, 0.15) is 5.82 Å². The fourth-order valence-electron chi connectivity index (χ4n) is 1.79. The molecule has 0 aliphatic rings. The molecule has 0 heterocycles. The van der Waals surface area contributed by atoms with Gasteiger partial charge in [-0.2, -0.15) is 0 Å². The quantitative estimate of drug-likeness (QED) is 0.816. The number of hydrogen-bond acceptors (Lipinski definition) is 3. The van der Waals surface area contributed by atoms with Gasteiger partial charge in [0, 0.05) is 25.7 Å². The number of carboxylic acids is 1. The van der Waals surface area contributed by atoms with E-state index < -0.39 is 5.97 Å². The maximum atomic E-state index is 13.2. The zero-order valence-corrected chi connectivity index (χ0v) is 9.98. The molecule has 0 bridgehead atoms. The van der Waals surface area contributed by atoms with Gasteiger partial charge in [0.2, 0.25) is 0 Å². The summed E-state index contributed by atoms with van der Waals surface area (Å²) in [7, 11) is 3.65. The summed E-state index contributed by atoms with van der Waals surface area (Å²) in [6, 6.07) is 4.35. The van der Waals surface area contributed by atoms with Crippen LogP contribution in [0.5, 0.6) is 0 Å². The van der Waals surface area contributed by atoms with Crippen LogP contribution in [-0.2, 0) is 4.79 Å². The highest BCUT2D eigenvalue weighted by Gasteiger charge is 2.19. The summed E-state index contributed by atoms with van der Waals surface area (Å²) in [5.41, 5.74) is 7.00. The Morgan fingerprint density at radius 1 is 1.53 bits per heavy atom. The summed E-state index contributed by atoms with van der Waals surface area (Å²) in [4.78, 5) is 12.6. The lowest BCUT2D eigenvalue weighted by Crippen LogP contribution is -2.20. The third-order valence-corrected chi connectivity index (χ3v) is 2.62. The first-order chi connectivity index (χ1) is 7.95. The highest BCUT2D eigenvalue weighted by molar-refractivity contribution is 5.69. The fourth-order valence-corrected chi connectivity index (χ4v) is 1.79. The second-order valence-corrected chi connectivity index (χ2v) is 4.13. The van der Waals surface area contributed by atoms with E-state index in [1.54, 1.807) is 6.07 Å². The molecule has 1 unspecified atom stereocenters. The van der Waals surface area contributed by atoms with Crippen molar-refractivity contribution in [1.82, 2.24) is 0 Å². The summed E-state index contributed by atoms with van der Waals surface area (Å²) in [5.74, 6) is -1.69. The van der Waals surface area contributed by atoms with E-state index in [0.29, 0.717) is 5.56 Å². The molecule has 5 heteroatoms. The maximum Gasteiger partial charge on any atom is 0.304 e. The topological polar surface area (TPSA) is 66.6 Å². The van der Waals surface area contributed by atoms with Gasteiger partial charge in [-0.25, -0.2) is 4.39 Å². The van der Waals surface area contributed by atoms with Crippen molar-refractivity contribution in [2.75, 3.05) is 25.5 Å². The predicted octanol–water partition coefficient (Wildman–Crippen LogP) is 1.41. The van der Waals surface area contributed by atoms with Crippen LogP contribution in [-0.4, -0.2) is 31.7 Å². The van der Waals surface area contributed by atoms with E-state index in [0.717, 1.165) is 5.69 Å². The number of hydrogen-bond donors (Lipinski definition) is 2. The van der Waals surface area contributed by atoms with Crippen molar-refractivity contribution in [2.45, 2.75) is 12.3 Å². The average molecular weight is 240 g/mol. The Morgan fingerprint density at radius 3 is 2.65 bits per heavy atom. The number of halogens is 1. The van der Waals surface area contributed by atoms with Gasteiger partial charge < -0.3 is 15.7 Å². The molecule has 0 saturated carbocycles. The summed E-state index contributed by atoms with van der Waals surface area (Å²) in [5, 5.41) is 8.81. The first-order valence-electron chi connectivity index (χ1n) is 5.34. The lowest BCUT2D eigenvalue weighted by molar-refractivity contribution is -0.137. The molecular formula is C12H17FN2O2. The molecule has 1 aromatic carbocycles. The standard InChI is InChI=1S/C12H17FN2O2/c1-15(2)11-4-3-9(13)6-10(11)8(7-14)5-12(16)17/h3-4,6,8H,5,7,14H2,1-2H3,(H,16,17). The highest BCUT2D eigenvalue weighted by atomic mass is 19.1. The molecular weight excluding hydrogens is 223 g/mol. The minimum Gasteiger partial charge on any atom is -0.481 e. The predicted molar refractivity (Wildman–Crippen MR) is 64.8 cm³/mol. The summed E-state index contributed by atoms with van der Waals surface area (Å²) < 4.78 is 13.2. The van der Waals surface area contributed by atoms with Gasteiger partial charge in [-0.15, -0.1) is 0 Å². The molecule has 17 heavy (non-hydrogen) atoms. The van der Waals surface area contributed by atoms with E-state index in [2.05, 4.69) is 0 Å². The maximum absolute atomic E-state index is 13.2. The van der Waals surface area contributed by atoms with Gasteiger partial charge in [0.25, 0.3) is 0 Å². The minimum absolute atomic E-state index is 0.0964. The molecule has 0 spiro atoms. The molecule has 0 saturated heterocycles. The molecule has 0 aliphatic carbocycles. The van der Waals surface area contributed by atoms with Crippen LogP contribution in [0.4, 0.5) is 10.1 Å². The Hall–Kier alpha value is -1.62. The van der Waals surface area contributed by atoms with Crippen molar-refractivity contribution in [2.24, 2.45) is 5.73 Å². The first-order valence-corrected chi connectivity index (χ1v) is 5.34. The van der Waals surface area contributed by atoms with Crippen LogP contribution in [0.1, 0.15) is 17.9 Å². The van der Waals surface area contributed by atoms with Gasteiger partial charge in [-0.1, -0.05) is 0 Å². The zero-order valence-electron chi connectivity index (χ0n) is 9.98. The molecule has 4 nitrogen and oxygen atoms in total. The minimum atomic E-state index is -0.936. The SMILES string of the molecule is CN(C)c1ccc(F)cc1C(CN)CC(=O)O. The van der Waals surface area contributed by atoms with Crippen molar-refractivity contribution in [1.29, 1.82) is 0 Å². The van der Waals surface area contributed by atoms with Crippen LogP contribution in [0.15, 0.2) is 18.2 Å². The van der Waals surface area contributed by atoms with Crippen molar-refractivity contribution >= 4 is 11.7 Å². The number of carbonyl (C=O) groups is 1. The number of nitrogens with two attached hydrogens (primary N) is 1. The van der Waals surface area contributed by atoms with Crippen molar-refractivity contribution in [3.8, 4) is 0 Å². The van der Waals surface area contributed by atoms with Crippen molar-refractivity contribution < 1.29 is 14.3 Å². The van der Waals surface area contributed by atoms with Crippen LogP contribution in [0.25, 0.3) is 0 Å². The molecule has 1 atom stereocenters. The molecule has 0 aromatic heterocycles. The number of benzene rings is 1. The molecule has 94 valence electrons. The van der Waals surface area contributed by atoms with Crippen LogP contribution in [0, 0.1) is 5.82 Å². The van der Waals surface area contributed by atoms with Crippen molar-refractivity contribution in [3.63, 3.8) is 0 Å².